The molecule has 0 saturated heterocycles. The van der Waals surface area contributed by atoms with Crippen LogP contribution in [0.15, 0.2) is 5.38 Å². The van der Waals surface area contributed by atoms with E-state index >= 15 is 0 Å². The molecule has 0 spiro atoms. The first kappa shape index (κ1) is 10.5. The highest BCUT2D eigenvalue weighted by molar-refractivity contribution is 7.09. The number of hydrogen-bond donors (Lipinski definition) is 0. The molecule has 0 amide bonds. The molecule has 0 aliphatic carbocycles. The monoisotopic (exact) mass is 209 g/mol. The second-order valence-corrected chi connectivity index (χ2v) is 4.01. The van der Waals surface area contributed by atoms with Crippen molar-refractivity contribution >= 4 is 11.3 Å². The van der Waals surface area contributed by atoms with Crippen LogP contribution in [0.1, 0.15) is 30.5 Å². The lowest BCUT2D eigenvalue weighted by molar-refractivity contribution is -0.127. The molecular formula is C8H10F3NS. The summed E-state index contributed by atoms with van der Waals surface area (Å²) in [5.41, 5.74) is 0.126. The number of aromatic nitrogens is 1. The molecule has 0 radical (unpaired) electrons. The minimum absolute atomic E-state index is 0.126. The molecule has 0 bridgehead atoms. The maximum Gasteiger partial charge on any atom is 0.394 e. The number of nitrogens with zero attached hydrogens (tertiary/aromatic N) is 1. The fourth-order valence-corrected chi connectivity index (χ4v) is 1.71. The molecule has 13 heavy (non-hydrogen) atoms. The van der Waals surface area contributed by atoms with Crippen LogP contribution in [0.4, 0.5) is 13.2 Å². The first-order valence-electron chi connectivity index (χ1n) is 3.89. The van der Waals surface area contributed by atoms with Crippen molar-refractivity contribution in [2.24, 2.45) is 0 Å². The predicted octanol–water partition coefficient (Wildman–Crippen LogP) is 3.37. The zero-order valence-corrected chi connectivity index (χ0v) is 8.17. The van der Waals surface area contributed by atoms with Crippen LogP contribution >= 0.6 is 11.3 Å². The third-order valence-corrected chi connectivity index (χ3v) is 2.64. The van der Waals surface area contributed by atoms with E-state index in [4.69, 9.17) is 0 Å². The summed E-state index contributed by atoms with van der Waals surface area (Å²) >= 11 is 1.29. The van der Waals surface area contributed by atoms with E-state index in [2.05, 4.69) is 4.98 Å². The summed E-state index contributed by atoms with van der Waals surface area (Å²) in [6.07, 6.45) is -5.07. The normalized spacial score (nSPS) is 12.5. The summed E-state index contributed by atoms with van der Waals surface area (Å²) in [5, 5.41) is 2.24. The number of thiazole rings is 1. The molecule has 1 heterocycles. The van der Waals surface area contributed by atoms with E-state index in [1.54, 1.807) is 0 Å². The number of rotatable bonds is 2. The Morgan fingerprint density at radius 1 is 1.46 bits per heavy atom. The fourth-order valence-electron chi connectivity index (χ4n) is 0.874. The van der Waals surface area contributed by atoms with Crippen molar-refractivity contribution in [3.63, 3.8) is 0 Å². The van der Waals surface area contributed by atoms with Gasteiger partial charge in [0.1, 0.15) is 0 Å². The molecule has 0 N–H and O–H groups in total. The molecule has 1 nitrogen and oxygen atoms in total. The minimum atomic E-state index is -4.15. The predicted molar refractivity (Wildman–Crippen MR) is 46.0 cm³/mol. The molecule has 1 rings (SSSR count). The Kier molecular flexibility index (Phi) is 2.95. The second-order valence-electron chi connectivity index (χ2n) is 3.12. The van der Waals surface area contributed by atoms with Gasteiger partial charge in [0, 0.05) is 11.3 Å². The maximum absolute atomic E-state index is 11.9. The number of alkyl halides is 3. The molecule has 0 unspecified atom stereocenters. The van der Waals surface area contributed by atoms with Gasteiger partial charge in [0.15, 0.2) is 0 Å². The molecule has 74 valence electrons. The Labute approximate surface area is 78.6 Å². The van der Waals surface area contributed by atoms with Crippen LogP contribution in [0.5, 0.6) is 0 Å². The molecule has 1 aromatic rings. The van der Waals surface area contributed by atoms with Crippen LogP contribution in [0.3, 0.4) is 0 Å². The maximum atomic E-state index is 11.9. The highest BCUT2D eigenvalue weighted by atomic mass is 32.1. The lowest BCUT2D eigenvalue weighted by atomic mass is 10.2. The third kappa shape index (κ3) is 3.34. The Morgan fingerprint density at radius 3 is 2.46 bits per heavy atom. The Balaban J connectivity index is 2.70. The molecule has 0 aliphatic heterocycles. The zero-order chi connectivity index (χ0) is 10.1. The van der Waals surface area contributed by atoms with Crippen LogP contribution in [-0.2, 0) is 6.42 Å². The van der Waals surface area contributed by atoms with E-state index in [1.807, 2.05) is 13.8 Å². The van der Waals surface area contributed by atoms with Crippen molar-refractivity contribution in [1.82, 2.24) is 4.98 Å². The quantitative estimate of drug-likeness (QED) is 0.727. The average Bonchev–Trinajstić information content (AvgIpc) is 2.31. The van der Waals surface area contributed by atoms with Crippen LogP contribution in [0.25, 0.3) is 0 Å². The molecular weight excluding hydrogens is 199 g/mol. The summed E-state index contributed by atoms with van der Waals surface area (Å²) in [6, 6.07) is 0. The smallest absolute Gasteiger partial charge is 0.246 e. The molecule has 0 fully saturated rings. The van der Waals surface area contributed by atoms with Gasteiger partial charge in [-0.2, -0.15) is 13.2 Å². The lowest BCUT2D eigenvalue weighted by Gasteiger charge is -2.02. The van der Waals surface area contributed by atoms with E-state index in [0.29, 0.717) is 0 Å². The Morgan fingerprint density at radius 2 is 2.08 bits per heavy atom. The Hall–Kier alpha value is -0.580. The standard InChI is InChI=1S/C8H10F3NS/c1-5(2)7-12-6(4-13-7)3-8(9,10)11/h4-5H,3H2,1-2H3. The largest absolute Gasteiger partial charge is 0.394 e. The average molecular weight is 209 g/mol. The molecule has 1 aromatic heterocycles. The molecule has 0 saturated carbocycles. The topological polar surface area (TPSA) is 12.9 Å². The van der Waals surface area contributed by atoms with Crippen molar-refractivity contribution in [2.75, 3.05) is 0 Å². The summed E-state index contributed by atoms with van der Waals surface area (Å²) in [5.74, 6) is 0.201. The molecule has 0 atom stereocenters. The summed E-state index contributed by atoms with van der Waals surface area (Å²) in [4.78, 5) is 3.89. The van der Waals surface area contributed by atoms with Gasteiger partial charge in [0.2, 0.25) is 0 Å². The van der Waals surface area contributed by atoms with Gasteiger partial charge >= 0.3 is 6.18 Å². The van der Waals surface area contributed by atoms with Crippen molar-refractivity contribution in [3.05, 3.63) is 16.1 Å². The highest BCUT2D eigenvalue weighted by Crippen LogP contribution is 2.25. The van der Waals surface area contributed by atoms with Crippen molar-refractivity contribution in [2.45, 2.75) is 32.4 Å². The highest BCUT2D eigenvalue weighted by Gasteiger charge is 2.29. The first-order chi connectivity index (χ1) is 5.88. The van der Waals surface area contributed by atoms with E-state index in [9.17, 15) is 13.2 Å². The number of halogens is 3. The van der Waals surface area contributed by atoms with Crippen LogP contribution in [0, 0.1) is 0 Å². The van der Waals surface area contributed by atoms with Gasteiger partial charge in [-0.15, -0.1) is 11.3 Å². The van der Waals surface area contributed by atoms with Crippen LogP contribution < -0.4 is 0 Å². The van der Waals surface area contributed by atoms with Gasteiger partial charge < -0.3 is 0 Å². The van der Waals surface area contributed by atoms with Gasteiger partial charge in [-0.1, -0.05) is 13.8 Å². The summed E-state index contributed by atoms with van der Waals surface area (Å²) in [6.45, 7) is 3.83. The van der Waals surface area contributed by atoms with Crippen LogP contribution in [0.2, 0.25) is 0 Å². The van der Waals surface area contributed by atoms with Gasteiger partial charge in [-0.3, -0.25) is 0 Å². The minimum Gasteiger partial charge on any atom is -0.246 e. The first-order valence-corrected chi connectivity index (χ1v) is 4.77. The lowest BCUT2D eigenvalue weighted by Crippen LogP contribution is -2.11. The van der Waals surface area contributed by atoms with Crippen LogP contribution in [-0.4, -0.2) is 11.2 Å². The van der Waals surface area contributed by atoms with Crippen molar-refractivity contribution in [3.8, 4) is 0 Å². The summed E-state index contributed by atoms with van der Waals surface area (Å²) < 4.78 is 35.7. The molecule has 5 heteroatoms. The Bertz CT molecular complexity index is 277. The fraction of sp³-hybridized carbons (Fsp3) is 0.625. The van der Waals surface area contributed by atoms with E-state index in [0.717, 1.165) is 5.01 Å². The number of hydrogen-bond acceptors (Lipinski definition) is 2. The molecule has 0 aromatic carbocycles. The zero-order valence-electron chi connectivity index (χ0n) is 7.35. The molecule has 0 aliphatic rings. The van der Waals surface area contributed by atoms with E-state index < -0.39 is 12.6 Å². The van der Waals surface area contributed by atoms with Crippen molar-refractivity contribution in [1.29, 1.82) is 0 Å². The van der Waals surface area contributed by atoms with Gasteiger partial charge in [-0.25, -0.2) is 4.98 Å². The van der Waals surface area contributed by atoms with Crippen molar-refractivity contribution < 1.29 is 13.2 Å². The third-order valence-electron chi connectivity index (χ3n) is 1.44. The summed E-state index contributed by atoms with van der Waals surface area (Å²) in [7, 11) is 0. The van der Waals surface area contributed by atoms with E-state index in [1.165, 1.54) is 16.7 Å². The van der Waals surface area contributed by atoms with Gasteiger partial charge in [-0.05, 0) is 0 Å². The SMILES string of the molecule is CC(C)c1nc(CC(F)(F)F)cs1. The second kappa shape index (κ2) is 3.65. The van der Waals surface area contributed by atoms with E-state index in [-0.39, 0.29) is 11.6 Å². The van der Waals surface area contributed by atoms with Gasteiger partial charge in [0.25, 0.3) is 0 Å². The van der Waals surface area contributed by atoms with Gasteiger partial charge in [0.05, 0.1) is 17.1 Å².